The van der Waals surface area contributed by atoms with Gasteiger partial charge in [-0.05, 0) is 18.6 Å². The van der Waals surface area contributed by atoms with Gasteiger partial charge in [-0.15, -0.1) is 12.4 Å². The average molecular weight is 313 g/mol. The number of imidazole rings is 1. The lowest BCUT2D eigenvalue weighted by Crippen LogP contribution is -2.43. The van der Waals surface area contributed by atoms with Gasteiger partial charge < -0.3 is 20.4 Å². The number of carbonyl (C=O) groups excluding carboxylic acids is 1. The Kier molecular flexibility index (Phi) is 6.14. The highest BCUT2D eigenvalue weighted by atomic mass is 35.5. The number of amides is 1. The largest absolute Gasteiger partial charge is 0.383 e. The highest BCUT2D eigenvalue weighted by Gasteiger charge is 2.14. The van der Waals surface area contributed by atoms with E-state index in [1.165, 1.54) is 7.11 Å². The number of ether oxygens (including phenoxy) is 1. The summed E-state index contributed by atoms with van der Waals surface area (Å²) in [7, 11) is 3.46. The molecule has 2 rings (SSSR count). The monoisotopic (exact) mass is 312 g/mol. The van der Waals surface area contributed by atoms with Crippen LogP contribution in [0.3, 0.4) is 0 Å². The first-order chi connectivity index (χ1) is 9.54. The summed E-state index contributed by atoms with van der Waals surface area (Å²) in [6.07, 6.45) is 0. The van der Waals surface area contributed by atoms with Crippen LogP contribution in [0.1, 0.15) is 11.4 Å². The van der Waals surface area contributed by atoms with Gasteiger partial charge in [0.1, 0.15) is 11.9 Å². The third-order valence-electron chi connectivity index (χ3n) is 3.29. The van der Waals surface area contributed by atoms with Crippen LogP contribution in [-0.4, -0.2) is 35.2 Å². The van der Waals surface area contributed by atoms with E-state index in [-0.39, 0.29) is 24.9 Å². The van der Waals surface area contributed by atoms with Gasteiger partial charge in [-0.3, -0.25) is 4.79 Å². The van der Waals surface area contributed by atoms with Crippen molar-refractivity contribution in [1.29, 1.82) is 0 Å². The maximum Gasteiger partial charge on any atom is 0.239 e. The second-order valence-electron chi connectivity index (χ2n) is 4.81. The number of para-hydroxylation sites is 1. The number of hydrogen-bond acceptors (Lipinski definition) is 4. The fourth-order valence-corrected chi connectivity index (χ4v) is 2.22. The van der Waals surface area contributed by atoms with Crippen LogP contribution >= 0.6 is 12.4 Å². The summed E-state index contributed by atoms with van der Waals surface area (Å²) in [6, 6.07) is 5.32. The predicted octanol–water partition coefficient (Wildman–Crippen LogP) is 0.893. The maximum atomic E-state index is 11.7. The molecule has 3 N–H and O–H groups in total. The Morgan fingerprint density at radius 2 is 2.24 bits per heavy atom. The molecule has 0 saturated heterocycles. The molecule has 0 aliphatic rings. The number of benzene rings is 1. The molecule has 1 unspecified atom stereocenters. The molecule has 0 aliphatic heterocycles. The highest BCUT2D eigenvalue weighted by Crippen LogP contribution is 2.18. The SMILES string of the molecule is COCC(N)C(=O)NCc1nc2cccc(C)c2n1C.Cl. The predicted molar refractivity (Wildman–Crippen MR) is 84.4 cm³/mol. The van der Waals surface area contributed by atoms with Gasteiger partial charge in [0.15, 0.2) is 0 Å². The Balaban J connectivity index is 0.00000220. The Morgan fingerprint density at radius 1 is 1.52 bits per heavy atom. The standard InChI is InChI=1S/C14H20N4O2.ClH/c1-9-5-4-6-11-13(9)18(2)12(17-11)7-16-14(19)10(15)8-20-3;/h4-6,10H,7-8,15H2,1-3H3,(H,16,19);1H. The summed E-state index contributed by atoms with van der Waals surface area (Å²) in [5.74, 6) is 0.558. The van der Waals surface area contributed by atoms with Crippen molar-refractivity contribution >= 4 is 29.3 Å². The molecule has 1 aromatic heterocycles. The van der Waals surface area contributed by atoms with E-state index in [1.807, 2.05) is 36.7 Å². The molecular formula is C14H21ClN4O2. The van der Waals surface area contributed by atoms with Crippen LogP contribution < -0.4 is 11.1 Å². The number of carbonyl (C=O) groups is 1. The number of aryl methyl sites for hydroxylation is 2. The zero-order valence-corrected chi connectivity index (χ0v) is 13.2. The molecule has 0 aliphatic carbocycles. The minimum absolute atomic E-state index is 0. The number of aromatic nitrogens is 2. The summed E-state index contributed by atoms with van der Waals surface area (Å²) in [5, 5.41) is 2.78. The summed E-state index contributed by atoms with van der Waals surface area (Å²) in [6.45, 7) is 2.59. The zero-order valence-electron chi connectivity index (χ0n) is 12.4. The molecule has 7 heteroatoms. The van der Waals surface area contributed by atoms with E-state index in [0.29, 0.717) is 6.54 Å². The molecule has 1 heterocycles. The van der Waals surface area contributed by atoms with Crippen molar-refractivity contribution in [2.45, 2.75) is 19.5 Å². The first kappa shape index (κ1) is 17.4. The van der Waals surface area contributed by atoms with Crippen molar-refractivity contribution < 1.29 is 9.53 Å². The Hall–Kier alpha value is -1.63. The minimum Gasteiger partial charge on any atom is -0.383 e. The average Bonchev–Trinajstić information content (AvgIpc) is 2.74. The fourth-order valence-electron chi connectivity index (χ4n) is 2.22. The Morgan fingerprint density at radius 3 is 2.86 bits per heavy atom. The van der Waals surface area contributed by atoms with Gasteiger partial charge in [-0.1, -0.05) is 12.1 Å². The Labute approximate surface area is 130 Å². The molecule has 1 aromatic carbocycles. The topological polar surface area (TPSA) is 82.2 Å². The number of nitrogens with zero attached hydrogens (tertiary/aromatic N) is 2. The number of methoxy groups -OCH3 is 1. The first-order valence-corrected chi connectivity index (χ1v) is 6.47. The van der Waals surface area contributed by atoms with Gasteiger partial charge in [-0.2, -0.15) is 0 Å². The maximum absolute atomic E-state index is 11.7. The van der Waals surface area contributed by atoms with E-state index in [1.54, 1.807) is 0 Å². The lowest BCUT2D eigenvalue weighted by atomic mass is 10.2. The van der Waals surface area contributed by atoms with Gasteiger partial charge in [0.2, 0.25) is 5.91 Å². The molecule has 0 radical (unpaired) electrons. The van der Waals surface area contributed by atoms with Crippen molar-refractivity contribution in [2.24, 2.45) is 12.8 Å². The molecule has 1 atom stereocenters. The highest BCUT2D eigenvalue weighted by molar-refractivity contribution is 5.85. The van der Waals surface area contributed by atoms with Crippen LogP contribution in [0, 0.1) is 6.92 Å². The number of hydrogen-bond donors (Lipinski definition) is 2. The van der Waals surface area contributed by atoms with E-state index >= 15 is 0 Å². The van der Waals surface area contributed by atoms with Crippen LogP contribution in [0.25, 0.3) is 11.0 Å². The Bertz CT molecular complexity index is 627. The van der Waals surface area contributed by atoms with Crippen LogP contribution in [-0.2, 0) is 23.1 Å². The fraction of sp³-hybridized carbons (Fsp3) is 0.429. The van der Waals surface area contributed by atoms with Crippen molar-refractivity contribution in [3.63, 3.8) is 0 Å². The summed E-state index contributed by atoms with van der Waals surface area (Å²) in [4.78, 5) is 16.3. The molecule has 0 bridgehead atoms. The number of nitrogens with two attached hydrogens (primary N) is 1. The number of rotatable bonds is 5. The molecule has 21 heavy (non-hydrogen) atoms. The van der Waals surface area contributed by atoms with E-state index in [2.05, 4.69) is 10.3 Å². The second kappa shape index (κ2) is 7.40. The second-order valence-corrected chi connectivity index (χ2v) is 4.81. The molecule has 0 spiro atoms. The van der Waals surface area contributed by atoms with Crippen molar-refractivity contribution in [3.05, 3.63) is 29.6 Å². The van der Waals surface area contributed by atoms with Gasteiger partial charge in [0.05, 0.1) is 24.2 Å². The zero-order chi connectivity index (χ0) is 14.7. The van der Waals surface area contributed by atoms with Crippen LogP contribution in [0.2, 0.25) is 0 Å². The van der Waals surface area contributed by atoms with Crippen molar-refractivity contribution in [3.8, 4) is 0 Å². The van der Waals surface area contributed by atoms with Crippen molar-refractivity contribution in [2.75, 3.05) is 13.7 Å². The first-order valence-electron chi connectivity index (χ1n) is 6.47. The normalized spacial score (nSPS) is 12.0. The van der Waals surface area contributed by atoms with Gasteiger partial charge in [0.25, 0.3) is 0 Å². The molecule has 1 amide bonds. The molecule has 0 fully saturated rings. The third-order valence-corrected chi connectivity index (χ3v) is 3.29. The van der Waals surface area contributed by atoms with Crippen LogP contribution in [0.5, 0.6) is 0 Å². The van der Waals surface area contributed by atoms with Gasteiger partial charge in [0, 0.05) is 14.2 Å². The summed E-state index contributed by atoms with van der Waals surface area (Å²) >= 11 is 0. The van der Waals surface area contributed by atoms with Crippen LogP contribution in [0.15, 0.2) is 18.2 Å². The number of fused-ring (bicyclic) bond motifs is 1. The molecule has 0 saturated carbocycles. The smallest absolute Gasteiger partial charge is 0.239 e. The summed E-state index contributed by atoms with van der Waals surface area (Å²) < 4.78 is 6.85. The number of nitrogens with one attached hydrogen (secondary N) is 1. The third kappa shape index (κ3) is 3.72. The summed E-state index contributed by atoms with van der Waals surface area (Å²) in [5.41, 5.74) is 8.83. The van der Waals surface area contributed by atoms with E-state index in [9.17, 15) is 4.79 Å². The minimum atomic E-state index is -0.656. The molecule has 6 nitrogen and oxygen atoms in total. The molecule has 116 valence electrons. The quantitative estimate of drug-likeness (QED) is 0.859. The number of halogens is 1. The molecule has 2 aromatic rings. The van der Waals surface area contributed by atoms with Gasteiger partial charge in [-0.25, -0.2) is 4.98 Å². The molecular weight excluding hydrogens is 292 g/mol. The van der Waals surface area contributed by atoms with E-state index < -0.39 is 6.04 Å². The van der Waals surface area contributed by atoms with Crippen molar-refractivity contribution in [1.82, 2.24) is 14.9 Å². The van der Waals surface area contributed by atoms with E-state index in [0.717, 1.165) is 22.4 Å². The lowest BCUT2D eigenvalue weighted by molar-refractivity contribution is -0.123. The lowest BCUT2D eigenvalue weighted by Gasteiger charge is -2.11. The van der Waals surface area contributed by atoms with Crippen LogP contribution in [0.4, 0.5) is 0 Å². The van der Waals surface area contributed by atoms with Gasteiger partial charge >= 0.3 is 0 Å². The van der Waals surface area contributed by atoms with E-state index in [4.69, 9.17) is 10.5 Å².